The van der Waals surface area contributed by atoms with Crippen molar-refractivity contribution in [3.05, 3.63) is 69.5 Å². The third kappa shape index (κ3) is 6.48. The number of carbonyl (C=O) groups is 2. The van der Waals surface area contributed by atoms with Crippen molar-refractivity contribution in [1.29, 1.82) is 0 Å². The molecule has 1 aromatic heterocycles. The third-order valence-corrected chi connectivity index (χ3v) is 6.16. The normalized spacial score (nSPS) is 10.8. The van der Waals surface area contributed by atoms with Gasteiger partial charge in [0.05, 0.1) is 20.3 Å². The lowest BCUT2D eigenvalue weighted by Crippen LogP contribution is -2.12. The van der Waals surface area contributed by atoms with Gasteiger partial charge in [-0.25, -0.2) is 4.79 Å². The average molecular weight is 544 g/mol. The largest absolute Gasteiger partial charge is 0.493 e. The molecule has 1 heterocycles. The Labute approximate surface area is 211 Å². The van der Waals surface area contributed by atoms with Gasteiger partial charge in [-0.2, -0.15) is 0 Å². The zero-order chi connectivity index (χ0) is 24.5. The molecule has 0 aliphatic heterocycles. The fourth-order valence-corrected chi connectivity index (χ4v) is 4.37. The van der Waals surface area contributed by atoms with E-state index in [0.29, 0.717) is 34.2 Å². The van der Waals surface area contributed by atoms with Gasteiger partial charge in [0.25, 0.3) is 0 Å². The van der Waals surface area contributed by atoms with Gasteiger partial charge in [-0.05, 0) is 54.8 Å². The van der Waals surface area contributed by atoms with E-state index in [0.717, 1.165) is 22.0 Å². The first-order chi connectivity index (χ1) is 16.5. The van der Waals surface area contributed by atoms with Crippen LogP contribution in [0.2, 0.25) is 0 Å². The van der Waals surface area contributed by atoms with Gasteiger partial charge in [0.2, 0.25) is 5.91 Å². The molecule has 3 aromatic rings. The number of hydrogen-bond acceptors (Lipinski definition) is 6. The lowest BCUT2D eigenvalue weighted by atomic mass is 10.0. The molecular formula is C26H26BrNO5S. The molecule has 2 aromatic carbocycles. The summed E-state index contributed by atoms with van der Waals surface area (Å²) in [7, 11) is 1.57. The number of benzene rings is 2. The predicted octanol–water partition coefficient (Wildman–Crippen LogP) is 6.80. The minimum atomic E-state index is -0.478. The first-order valence-electron chi connectivity index (χ1n) is 10.8. The standard InChI is InChI=1S/C26H26BrNO5S/c1-4-14-33-21-12-6-17(15-22(21)31-3)7-13-23(29)28-25-24(26(30)32-5-2)20(16-34-25)18-8-10-19(27)11-9-18/h6-13,15-16H,4-5,14H2,1-3H3,(H,28,29). The Morgan fingerprint density at radius 2 is 1.85 bits per heavy atom. The van der Waals surface area contributed by atoms with Crippen LogP contribution in [0.5, 0.6) is 11.5 Å². The van der Waals surface area contributed by atoms with E-state index >= 15 is 0 Å². The van der Waals surface area contributed by atoms with Crippen LogP contribution < -0.4 is 14.8 Å². The van der Waals surface area contributed by atoms with Crippen molar-refractivity contribution in [1.82, 2.24) is 0 Å². The van der Waals surface area contributed by atoms with Gasteiger partial charge in [0.1, 0.15) is 10.6 Å². The Kier molecular flexibility index (Phi) is 9.30. The number of hydrogen-bond donors (Lipinski definition) is 1. The highest BCUT2D eigenvalue weighted by atomic mass is 79.9. The van der Waals surface area contributed by atoms with E-state index in [1.54, 1.807) is 26.2 Å². The van der Waals surface area contributed by atoms with E-state index in [9.17, 15) is 9.59 Å². The van der Waals surface area contributed by atoms with E-state index in [4.69, 9.17) is 14.2 Å². The zero-order valence-electron chi connectivity index (χ0n) is 19.2. The van der Waals surface area contributed by atoms with Crippen LogP contribution in [0.3, 0.4) is 0 Å². The summed E-state index contributed by atoms with van der Waals surface area (Å²) in [6, 6.07) is 13.1. The molecule has 0 spiro atoms. The summed E-state index contributed by atoms with van der Waals surface area (Å²) in [5, 5.41) is 5.10. The maximum atomic E-state index is 12.7. The van der Waals surface area contributed by atoms with Crippen LogP contribution in [0, 0.1) is 0 Å². The summed E-state index contributed by atoms with van der Waals surface area (Å²) in [6.07, 6.45) is 3.98. The molecular weight excluding hydrogens is 518 g/mol. The Bertz CT molecular complexity index is 1170. The summed E-state index contributed by atoms with van der Waals surface area (Å²) in [4.78, 5) is 25.4. The summed E-state index contributed by atoms with van der Waals surface area (Å²) < 4.78 is 17.2. The second-order valence-corrected chi connectivity index (χ2v) is 8.96. The molecule has 34 heavy (non-hydrogen) atoms. The maximum absolute atomic E-state index is 12.7. The number of methoxy groups -OCH3 is 1. The highest BCUT2D eigenvalue weighted by Gasteiger charge is 2.22. The van der Waals surface area contributed by atoms with Crippen molar-refractivity contribution in [3.8, 4) is 22.6 Å². The van der Waals surface area contributed by atoms with Crippen molar-refractivity contribution in [2.24, 2.45) is 0 Å². The Hall–Kier alpha value is -3.10. The number of nitrogens with one attached hydrogen (secondary N) is 1. The minimum absolute atomic E-state index is 0.238. The monoisotopic (exact) mass is 543 g/mol. The third-order valence-electron chi connectivity index (χ3n) is 4.74. The number of amides is 1. The molecule has 0 fully saturated rings. The molecule has 0 saturated heterocycles. The topological polar surface area (TPSA) is 73.9 Å². The highest BCUT2D eigenvalue weighted by Crippen LogP contribution is 2.37. The van der Waals surface area contributed by atoms with Gasteiger partial charge in [0.15, 0.2) is 11.5 Å². The van der Waals surface area contributed by atoms with Gasteiger partial charge in [-0.3, -0.25) is 4.79 Å². The molecule has 3 rings (SSSR count). The number of carbonyl (C=O) groups excluding carboxylic acids is 2. The van der Waals surface area contributed by atoms with Crippen molar-refractivity contribution >= 4 is 50.2 Å². The number of ether oxygens (including phenoxy) is 3. The van der Waals surface area contributed by atoms with E-state index in [-0.39, 0.29) is 12.5 Å². The van der Waals surface area contributed by atoms with Gasteiger partial charge in [0, 0.05) is 21.5 Å². The van der Waals surface area contributed by atoms with Crippen molar-refractivity contribution in [2.45, 2.75) is 20.3 Å². The molecule has 0 radical (unpaired) electrons. The lowest BCUT2D eigenvalue weighted by Gasteiger charge is -2.10. The van der Waals surface area contributed by atoms with E-state index in [1.165, 1.54) is 17.4 Å². The summed E-state index contributed by atoms with van der Waals surface area (Å²) in [5.41, 5.74) is 2.69. The van der Waals surface area contributed by atoms with Crippen LogP contribution in [0.15, 0.2) is 58.4 Å². The summed E-state index contributed by atoms with van der Waals surface area (Å²) >= 11 is 4.70. The SMILES string of the molecule is CCCOc1ccc(C=CC(=O)Nc2scc(-c3ccc(Br)cc3)c2C(=O)OCC)cc1OC. The van der Waals surface area contributed by atoms with Crippen LogP contribution in [0.1, 0.15) is 36.2 Å². The lowest BCUT2D eigenvalue weighted by molar-refractivity contribution is -0.111. The molecule has 6 nitrogen and oxygen atoms in total. The Balaban J connectivity index is 1.81. The van der Waals surface area contributed by atoms with Crippen LogP contribution in [0.4, 0.5) is 5.00 Å². The molecule has 1 N–H and O–H groups in total. The Morgan fingerprint density at radius 3 is 2.53 bits per heavy atom. The molecule has 0 bridgehead atoms. The first-order valence-corrected chi connectivity index (χ1v) is 12.5. The minimum Gasteiger partial charge on any atom is -0.493 e. The summed E-state index contributed by atoms with van der Waals surface area (Å²) in [5.74, 6) is 0.412. The van der Waals surface area contributed by atoms with Crippen LogP contribution in [-0.4, -0.2) is 32.2 Å². The van der Waals surface area contributed by atoms with E-state index in [2.05, 4.69) is 21.2 Å². The van der Waals surface area contributed by atoms with Crippen LogP contribution >= 0.6 is 27.3 Å². The number of anilines is 1. The molecule has 178 valence electrons. The van der Waals surface area contributed by atoms with Gasteiger partial charge in [-0.1, -0.05) is 41.1 Å². The van der Waals surface area contributed by atoms with Gasteiger partial charge < -0.3 is 19.5 Å². The van der Waals surface area contributed by atoms with E-state index < -0.39 is 5.97 Å². The smallest absolute Gasteiger partial charge is 0.341 e. The fraction of sp³-hybridized carbons (Fsp3) is 0.231. The molecule has 8 heteroatoms. The average Bonchev–Trinajstić information content (AvgIpc) is 3.25. The fourth-order valence-electron chi connectivity index (χ4n) is 3.14. The number of halogens is 1. The van der Waals surface area contributed by atoms with Crippen molar-refractivity contribution < 1.29 is 23.8 Å². The van der Waals surface area contributed by atoms with E-state index in [1.807, 2.05) is 48.7 Å². The second kappa shape index (κ2) is 12.4. The zero-order valence-corrected chi connectivity index (χ0v) is 21.6. The number of rotatable bonds is 10. The molecule has 0 unspecified atom stereocenters. The molecule has 0 saturated carbocycles. The molecule has 1 amide bonds. The van der Waals surface area contributed by atoms with Gasteiger partial charge >= 0.3 is 5.97 Å². The van der Waals surface area contributed by atoms with Gasteiger partial charge in [-0.15, -0.1) is 11.3 Å². The van der Waals surface area contributed by atoms with Crippen LogP contribution in [0.25, 0.3) is 17.2 Å². The number of esters is 1. The van der Waals surface area contributed by atoms with Crippen molar-refractivity contribution in [3.63, 3.8) is 0 Å². The molecule has 0 atom stereocenters. The summed E-state index contributed by atoms with van der Waals surface area (Å²) in [6.45, 7) is 4.61. The first kappa shape index (κ1) is 25.5. The maximum Gasteiger partial charge on any atom is 0.341 e. The second-order valence-electron chi connectivity index (χ2n) is 7.16. The number of thiophene rings is 1. The molecule has 0 aliphatic carbocycles. The quantitative estimate of drug-likeness (QED) is 0.224. The van der Waals surface area contributed by atoms with Crippen molar-refractivity contribution in [2.75, 3.05) is 25.6 Å². The Morgan fingerprint density at radius 1 is 1.09 bits per heavy atom. The molecule has 0 aliphatic rings. The highest BCUT2D eigenvalue weighted by molar-refractivity contribution is 9.10. The predicted molar refractivity (Wildman–Crippen MR) is 140 cm³/mol. The van der Waals surface area contributed by atoms with Crippen LogP contribution in [-0.2, 0) is 9.53 Å².